The fraction of sp³-hybridized carbons (Fsp3) is 0.222. The van der Waals surface area contributed by atoms with Gasteiger partial charge in [-0.1, -0.05) is 18.2 Å². The van der Waals surface area contributed by atoms with Crippen LogP contribution in [-0.4, -0.2) is 24.6 Å². The average molecular weight is 303 g/mol. The van der Waals surface area contributed by atoms with Crippen molar-refractivity contribution in [1.29, 1.82) is 0 Å². The van der Waals surface area contributed by atoms with Crippen LogP contribution in [0.4, 0.5) is 0 Å². The summed E-state index contributed by atoms with van der Waals surface area (Å²) in [4.78, 5) is 9.22. The van der Waals surface area contributed by atoms with E-state index in [-0.39, 0.29) is 0 Å². The van der Waals surface area contributed by atoms with E-state index in [0.29, 0.717) is 0 Å². The Morgan fingerprint density at radius 3 is 2.30 bits per heavy atom. The summed E-state index contributed by atoms with van der Waals surface area (Å²) in [5, 5.41) is 8.83. The van der Waals surface area contributed by atoms with Gasteiger partial charge in [-0.3, -0.25) is 4.40 Å². The summed E-state index contributed by atoms with van der Waals surface area (Å²) in [5.74, 6) is 0.823. The maximum atomic E-state index is 4.67. The molecule has 4 aromatic rings. The number of hydrogen-bond donors (Lipinski definition) is 0. The van der Waals surface area contributed by atoms with Gasteiger partial charge in [0.05, 0.1) is 5.69 Å². The highest BCUT2D eigenvalue weighted by Gasteiger charge is 2.18. The summed E-state index contributed by atoms with van der Waals surface area (Å²) in [6.45, 7) is 8.20. The van der Waals surface area contributed by atoms with Crippen LogP contribution in [0.25, 0.3) is 28.2 Å². The van der Waals surface area contributed by atoms with Crippen molar-refractivity contribution in [3.8, 4) is 11.4 Å². The first-order valence-corrected chi connectivity index (χ1v) is 7.61. The molecule has 0 saturated carbocycles. The lowest BCUT2D eigenvalue weighted by Gasteiger charge is -2.10. The topological polar surface area (TPSA) is 56.0 Å². The van der Waals surface area contributed by atoms with Crippen LogP contribution in [0.5, 0.6) is 0 Å². The van der Waals surface area contributed by atoms with E-state index in [4.69, 9.17) is 0 Å². The van der Waals surface area contributed by atoms with Crippen molar-refractivity contribution in [2.45, 2.75) is 27.7 Å². The molecule has 0 amide bonds. The molecule has 0 fully saturated rings. The fourth-order valence-corrected chi connectivity index (χ4v) is 3.10. The molecule has 0 N–H and O–H groups in total. The minimum Gasteiger partial charge on any atom is -0.255 e. The van der Waals surface area contributed by atoms with Gasteiger partial charge < -0.3 is 0 Å². The van der Waals surface area contributed by atoms with Crippen molar-refractivity contribution in [1.82, 2.24) is 24.6 Å². The third-order valence-corrected chi connectivity index (χ3v) is 4.29. The van der Waals surface area contributed by atoms with Crippen molar-refractivity contribution in [2.75, 3.05) is 0 Å². The summed E-state index contributed by atoms with van der Waals surface area (Å²) in [6.07, 6.45) is 1.81. The zero-order chi connectivity index (χ0) is 16.1. The molecule has 0 saturated heterocycles. The highest BCUT2D eigenvalue weighted by atomic mass is 15.3. The van der Waals surface area contributed by atoms with Crippen LogP contribution in [0.3, 0.4) is 0 Å². The van der Waals surface area contributed by atoms with Crippen molar-refractivity contribution >= 4 is 16.8 Å². The summed E-state index contributed by atoms with van der Waals surface area (Å²) < 4.78 is 2.03. The smallest absolute Gasteiger partial charge is 0.184 e. The third-order valence-electron chi connectivity index (χ3n) is 4.29. The first-order valence-electron chi connectivity index (χ1n) is 7.61. The number of fused-ring (bicyclic) bond motifs is 3. The van der Waals surface area contributed by atoms with Crippen LogP contribution >= 0.6 is 0 Å². The average Bonchev–Trinajstić information content (AvgIpc) is 2.94. The van der Waals surface area contributed by atoms with Gasteiger partial charge in [-0.15, -0.1) is 10.2 Å². The maximum Gasteiger partial charge on any atom is 0.184 e. The molecule has 0 unspecified atom stereocenters. The number of hydrogen-bond acceptors (Lipinski definition) is 4. The van der Waals surface area contributed by atoms with E-state index < -0.39 is 0 Å². The third kappa shape index (κ3) is 1.93. The van der Waals surface area contributed by atoms with E-state index in [1.54, 1.807) is 0 Å². The highest BCUT2D eigenvalue weighted by Crippen LogP contribution is 2.29. The van der Waals surface area contributed by atoms with E-state index in [9.17, 15) is 0 Å². The van der Waals surface area contributed by atoms with Crippen LogP contribution in [0, 0.1) is 27.7 Å². The minimum absolute atomic E-state index is 0.758. The number of rotatable bonds is 1. The quantitative estimate of drug-likeness (QED) is 0.539. The predicted molar refractivity (Wildman–Crippen MR) is 90.5 cm³/mol. The SMILES string of the molecule is Cc1cccc(C)c1-c1nnc2c(C)nc3c(C)ccnc3n12. The summed E-state index contributed by atoms with van der Waals surface area (Å²) in [6, 6.07) is 8.23. The Morgan fingerprint density at radius 2 is 1.57 bits per heavy atom. The van der Waals surface area contributed by atoms with Crippen molar-refractivity contribution in [3.63, 3.8) is 0 Å². The predicted octanol–water partition coefficient (Wildman–Crippen LogP) is 3.57. The standard InChI is InChI=1S/C18H17N5/c1-10-6-5-7-11(2)14(10)17-22-21-16-13(4)20-15-12(3)8-9-19-18(15)23(16)17/h5-9H,1-4H3. The molecule has 23 heavy (non-hydrogen) atoms. The Bertz CT molecular complexity index is 1040. The number of pyridine rings is 1. The number of nitrogens with zero attached hydrogens (tertiary/aromatic N) is 5. The molecule has 0 aliphatic carbocycles. The summed E-state index contributed by atoms with van der Waals surface area (Å²) >= 11 is 0. The Hall–Kier alpha value is -2.82. The number of aryl methyl sites for hydroxylation is 4. The van der Waals surface area contributed by atoms with Crippen LogP contribution < -0.4 is 0 Å². The van der Waals surface area contributed by atoms with E-state index in [1.165, 1.54) is 11.1 Å². The van der Waals surface area contributed by atoms with Crippen LogP contribution in [-0.2, 0) is 0 Å². The second kappa shape index (κ2) is 4.84. The van der Waals surface area contributed by atoms with E-state index >= 15 is 0 Å². The number of benzene rings is 1. The number of aromatic nitrogens is 5. The molecule has 114 valence electrons. The molecular formula is C18H17N5. The minimum atomic E-state index is 0.758. The van der Waals surface area contributed by atoms with Gasteiger partial charge in [0.15, 0.2) is 17.1 Å². The molecule has 5 heteroatoms. The largest absolute Gasteiger partial charge is 0.255 e. The summed E-state index contributed by atoms with van der Waals surface area (Å²) in [7, 11) is 0. The van der Waals surface area contributed by atoms with Crippen LogP contribution in [0.2, 0.25) is 0 Å². The monoisotopic (exact) mass is 303 g/mol. The van der Waals surface area contributed by atoms with Crippen molar-refractivity contribution in [2.24, 2.45) is 0 Å². The molecule has 3 aromatic heterocycles. The molecule has 5 nitrogen and oxygen atoms in total. The van der Waals surface area contributed by atoms with Gasteiger partial charge in [0.25, 0.3) is 0 Å². The van der Waals surface area contributed by atoms with E-state index in [1.807, 2.05) is 30.5 Å². The molecule has 0 bridgehead atoms. The molecule has 0 radical (unpaired) electrons. The molecule has 0 aliphatic rings. The van der Waals surface area contributed by atoms with E-state index in [2.05, 4.69) is 52.2 Å². The van der Waals surface area contributed by atoms with Gasteiger partial charge in [-0.2, -0.15) is 0 Å². The second-order valence-corrected chi connectivity index (χ2v) is 5.95. The lowest BCUT2D eigenvalue weighted by Crippen LogP contribution is -2.02. The van der Waals surface area contributed by atoms with Gasteiger partial charge >= 0.3 is 0 Å². The molecule has 0 spiro atoms. The first kappa shape index (κ1) is 13.8. The van der Waals surface area contributed by atoms with Gasteiger partial charge in [0.2, 0.25) is 0 Å². The van der Waals surface area contributed by atoms with E-state index in [0.717, 1.165) is 39.5 Å². The lowest BCUT2D eigenvalue weighted by molar-refractivity contribution is 1.10. The Balaban J connectivity index is 2.22. The molecule has 1 aromatic carbocycles. The zero-order valence-corrected chi connectivity index (χ0v) is 13.6. The van der Waals surface area contributed by atoms with Gasteiger partial charge in [0, 0.05) is 11.8 Å². The first-order chi connectivity index (χ1) is 11.1. The van der Waals surface area contributed by atoms with Crippen molar-refractivity contribution in [3.05, 3.63) is 52.8 Å². The zero-order valence-electron chi connectivity index (χ0n) is 13.6. The maximum absolute atomic E-state index is 4.67. The molecular weight excluding hydrogens is 286 g/mol. The van der Waals surface area contributed by atoms with Gasteiger partial charge in [-0.05, 0) is 50.5 Å². The fourth-order valence-electron chi connectivity index (χ4n) is 3.10. The molecule has 0 aliphatic heterocycles. The van der Waals surface area contributed by atoms with Crippen LogP contribution in [0.15, 0.2) is 30.5 Å². The highest BCUT2D eigenvalue weighted by molar-refractivity contribution is 5.81. The normalized spacial score (nSPS) is 11.5. The lowest BCUT2D eigenvalue weighted by atomic mass is 10.0. The Labute approximate surface area is 134 Å². The Kier molecular flexibility index (Phi) is 2.91. The molecule has 3 heterocycles. The summed E-state index contributed by atoms with van der Waals surface area (Å²) in [5.41, 5.74) is 7.87. The van der Waals surface area contributed by atoms with Gasteiger partial charge in [0.1, 0.15) is 5.52 Å². The van der Waals surface area contributed by atoms with Crippen LogP contribution in [0.1, 0.15) is 22.4 Å². The van der Waals surface area contributed by atoms with Crippen molar-refractivity contribution < 1.29 is 0 Å². The Morgan fingerprint density at radius 1 is 0.826 bits per heavy atom. The molecule has 4 rings (SSSR count). The second-order valence-electron chi connectivity index (χ2n) is 5.95. The molecule has 0 atom stereocenters. The van der Waals surface area contributed by atoms with Gasteiger partial charge in [-0.25, -0.2) is 9.97 Å².